The zero-order chi connectivity index (χ0) is 20.5. The fourth-order valence-electron chi connectivity index (χ4n) is 3.31. The van der Waals surface area contributed by atoms with Crippen LogP contribution < -0.4 is 11.3 Å². The van der Waals surface area contributed by atoms with E-state index in [4.69, 9.17) is 5.73 Å². The van der Waals surface area contributed by atoms with Crippen molar-refractivity contribution in [3.8, 4) is 0 Å². The molecule has 8 heteroatoms. The molecule has 2 N–H and O–H groups in total. The smallest absolute Gasteiger partial charge is 0.261 e. The number of fused-ring (bicyclic) bond motifs is 1. The Balaban J connectivity index is 1.48. The average Bonchev–Trinajstić information content (AvgIpc) is 3.53. The van der Waals surface area contributed by atoms with Crippen molar-refractivity contribution in [2.75, 3.05) is 18.8 Å². The Bertz CT molecular complexity index is 1080. The summed E-state index contributed by atoms with van der Waals surface area (Å²) in [7, 11) is 0. The van der Waals surface area contributed by atoms with Crippen molar-refractivity contribution < 1.29 is 14.0 Å². The number of benzene rings is 1. The first-order chi connectivity index (χ1) is 14.0. The summed E-state index contributed by atoms with van der Waals surface area (Å²) in [5, 5.41) is 0. The predicted molar refractivity (Wildman–Crippen MR) is 107 cm³/mol. The van der Waals surface area contributed by atoms with Gasteiger partial charge in [-0.3, -0.25) is 24.3 Å². The minimum Gasteiger partial charge on any atom is -0.398 e. The molecule has 0 unspecified atom stereocenters. The summed E-state index contributed by atoms with van der Waals surface area (Å²) < 4.78 is 15.0. The van der Waals surface area contributed by atoms with Crippen LogP contribution in [0.1, 0.15) is 45.2 Å². The lowest BCUT2D eigenvalue weighted by atomic mass is 10.1. The normalized spacial score (nSPS) is 16.7. The molecule has 1 fully saturated rings. The average molecular weight is 394 g/mol. The van der Waals surface area contributed by atoms with Crippen molar-refractivity contribution >= 4 is 23.7 Å². The summed E-state index contributed by atoms with van der Waals surface area (Å²) in [5.41, 5.74) is 6.93. The lowest BCUT2D eigenvalue weighted by Gasteiger charge is -2.14. The summed E-state index contributed by atoms with van der Waals surface area (Å²) in [6.07, 6.45) is 5.23. The first kappa shape index (κ1) is 18.8. The number of imide groups is 1. The number of nitrogen functional groups attached to an aromatic ring is 1. The highest BCUT2D eigenvalue weighted by molar-refractivity contribution is 6.21. The second-order valence-electron chi connectivity index (χ2n) is 7.11. The molecule has 2 aliphatic rings. The molecule has 2 amide bonds. The monoisotopic (exact) mass is 394 g/mol. The maximum absolute atomic E-state index is 13.4. The van der Waals surface area contributed by atoms with Crippen molar-refractivity contribution in [1.29, 1.82) is 0 Å². The maximum atomic E-state index is 13.4. The van der Waals surface area contributed by atoms with Gasteiger partial charge in [-0.1, -0.05) is 12.1 Å². The molecule has 1 aliphatic heterocycles. The van der Waals surface area contributed by atoms with Gasteiger partial charge in [-0.15, -0.1) is 0 Å². The summed E-state index contributed by atoms with van der Waals surface area (Å²) in [4.78, 5) is 42.4. The number of aromatic nitrogens is 1. The zero-order valence-corrected chi connectivity index (χ0v) is 15.5. The number of amides is 2. The van der Waals surface area contributed by atoms with Crippen LogP contribution in [-0.4, -0.2) is 40.6 Å². The highest BCUT2D eigenvalue weighted by Gasteiger charge is 2.35. The van der Waals surface area contributed by atoms with Crippen LogP contribution >= 0.6 is 0 Å². The van der Waals surface area contributed by atoms with Crippen molar-refractivity contribution in [2.45, 2.75) is 18.9 Å². The lowest BCUT2D eigenvalue weighted by Crippen LogP contribution is -2.32. The Morgan fingerprint density at radius 3 is 2.38 bits per heavy atom. The molecule has 1 aliphatic carbocycles. The molecule has 4 rings (SSSR count). The number of nitrogens with two attached hydrogens (primary N) is 1. The molecular weight excluding hydrogens is 375 g/mol. The Labute approximate surface area is 166 Å². The molecule has 0 saturated heterocycles. The van der Waals surface area contributed by atoms with E-state index in [0.717, 1.165) is 17.7 Å². The molecule has 2 aromatic rings. The molecule has 0 radical (unpaired) electrons. The van der Waals surface area contributed by atoms with Gasteiger partial charge in [-0.25, -0.2) is 4.39 Å². The van der Waals surface area contributed by atoms with Gasteiger partial charge in [0.25, 0.3) is 17.4 Å². The molecule has 0 bridgehead atoms. The molecule has 0 atom stereocenters. The van der Waals surface area contributed by atoms with Gasteiger partial charge in [0.15, 0.2) is 0 Å². The summed E-state index contributed by atoms with van der Waals surface area (Å²) in [5.74, 6) is -0.929. The third-order valence-corrected chi connectivity index (χ3v) is 5.04. The highest BCUT2D eigenvalue weighted by Crippen LogP contribution is 2.33. The van der Waals surface area contributed by atoms with Gasteiger partial charge in [0, 0.05) is 24.1 Å². The maximum Gasteiger partial charge on any atom is 0.261 e. The van der Waals surface area contributed by atoms with Gasteiger partial charge in [0.1, 0.15) is 0 Å². The molecule has 1 aromatic carbocycles. The second-order valence-corrected chi connectivity index (χ2v) is 7.11. The molecule has 1 aromatic heterocycles. The fraction of sp³-hybridized carbons (Fsp3) is 0.238. The van der Waals surface area contributed by atoms with E-state index in [1.54, 1.807) is 41.1 Å². The number of halogens is 1. The standard InChI is InChI=1S/C21H19FN4O3/c22-9-13(12-26-19(27)15-3-1-2-4-16(15)20(26)28)10-24-11-17-18(23)7-8-25(21(17)29)14-5-6-14/h1-4,7-9,11,14H,5-6,10,12,23H2/b13-9-,24-11?. The van der Waals surface area contributed by atoms with Gasteiger partial charge < -0.3 is 10.3 Å². The van der Waals surface area contributed by atoms with Crippen LogP contribution in [0.25, 0.3) is 0 Å². The van der Waals surface area contributed by atoms with Crippen molar-refractivity contribution in [1.82, 2.24) is 9.47 Å². The number of nitrogens with zero attached hydrogens (tertiary/aromatic N) is 3. The minimum absolute atomic E-state index is 0.110. The fourth-order valence-corrected chi connectivity index (χ4v) is 3.31. The van der Waals surface area contributed by atoms with Gasteiger partial charge in [0.2, 0.25) is 0 Å². The Kier molecular flexibility index (Phi) is 4.84. The van der Waals surface area contributed by atoms with E-state index in [0.29, 0.717) is 23.1 Å². The van der Waals surface area contributed by atoms with Crippen LogP contribution in [0.5, 0.6) is 0 Å². The SMILES string of the molecule is Nc1ccn(C2CC2)c(=O)c1C=NC/C(=C/F)CN1C(=O)c2ccccc2C1=O. The largest absolute Gasteiger partial charge is 0.398 e. The first-order valence-corrected chi connectivity index (χ1v) is 9.25. The van der Waals surface area contributed by atoms with Crippen molar-refractivity contribution in [2.24, 2.45) is 4.99 Å². The van der Waals surface area contributed by atoms with E-state index >= 15 is 0 Å². The van der Waals surface area contributed by atoms with E-state index in [9.17, 15) is 18.8 Å². The van der Waals surface area contributed by atoms with E-state index < -0.39 is 11.8 Å². The summed E-state index contributed by atoms with van der Waals surface area (Å²) in [6.45, 7) is -0.322. The number of rotatable bonds is 6. The number of pyridine rings is 1. The summed E-state index contributed by atoms with van der Waals surface area (Å²) in [6, 6.07) is 8.31. The minimum atomic E-state index is -0.464. The zero-order valence-electron chi connectivity index (χ0n) is 15.5. The van der Waals surface area contributed by atoms with Crippen LogP contribution in [0, 0.1) is 0 Å². The second kappa shape index (κ2) is 7.46. The topological polar surface area (TPSA) is 97.8 Å². The predicted octanol–water partition coefficient (Wildman–Crippen LogP) is 2.33. The van der Waals surface area contributed by atoms with E-state index in [1.807, 2.05) is 0 Å². The molecule has 2 heterocycles. The Morgan fingerprint density at radius 2 is 1.79 bits per heavy atom. The Hall–Kier alpha value is -3.55. The van der Waals surface area contributed by atoms with Crippen LogP contribution in [0.15, 0.2) is 58.2 Å². The number of hydrogen-bond acceptors (Lipinski definition) is 5. The van der Waals surface area contributed by atoms with Gasteiger partial charge in [-0.05, 0) is 36.6 Å². The van der Waals surface area contributed by atoms with Crippen LogP contribution in [0.3, 0.4) is 0 Å². The van der Waals surface area contributed by atoms with Crippen LogP contribution in [0.4, 0.5) is 10.1 Å². The number of anilines is 1. The number of aliphatic imine (C=N–C) groups is 1. The van der Waals surface area contributed by atoms with Crippen molar-refractivity contribution in [3.05, 3.63) is 75.5 Å². The molecule has 7 nitrogen and oxygen atoms in total. The van der Waals surface area contributed by atoms with Crippen LogP contribution in [-0.2, 0) is 0 Å². The van der Waals surface area contributed by atoms with E-state index in [1.165, 1.54) is 6.21 Å². The van der Waals surface area contributed by atoms with Crippen molar-refractivity contribution in [3.63, 3.8) is 0 Å². The number of hydrogen-bond donors (Lipinski definition) is 1. The van der Waals surface area contributed by atoms with Gasteiger partial charge in [0.05, 0.1) is 36.1 Å². The first-order valence-electron chi connectivity index (χ1n) is 9.25. The molecular formula is C21H19FN4O3. The molecule has 148 valence electrons. The highest BCUT2D eigenvalue weighted by atomic mass is 19.1. The lowest BCUT2D eigenvalue weighted by molar-refractivity contribution is 0.0667. The molecule has 0 spiro atoms. The third-order valence-electron chi connectivity index (χ3n) is 5.04. The van der Waals surface area contributed by atoms with Crippen LogP contribution in [0.2, 0.25) is 0 Å². The molecule has 29 heavy (non-hydrogen) atoms. The third kappa shape index (κ3) is 3.49. The summed E-state index contributed by atoms with van der Waals surface area (Å²) >= 11 is 0. The quantitative estimate of drug-likeness (QED) is 0.601. The molecule has 1 saturated carbocycles. The number of carbonyl (C=O) groups is 2. The number of carbonyl (C=O) groups excluding carboxylic acids is 2. The van der Waals surface area contributed by atoms with Gasteiger partial charge >= 0.3 is 0 Å². The van der Waals surface area contributed by atoms with E-state index in [2.05, 4.69) is 4.99 Å². The Morgan fingerprint density at radius 1 is 1.14 bits per heavy atom. The van der Waals surface area contributed by atoms with Gasteiger partial charge in [-0.2, -0.15) is 0 Å². The van der Waals surface area contributed by atoms with E-state index in [-0.39, 0.29) is 35.8 Å².